The van der Waals surface area contributed by atoms with Crippen LogP contribution in [0.25, 0.3) is 10.9 Å². The summed E-state index contributed by atoms with van der Waals surface area (Å²) in [6.07, 6.45) is 3.20. The highest BCUT2D eigenvalue weighted by Crippen LogP contribution is 2.34. The summed E-state index contributed by atoms with van der Waals surface area (Å²) in [5.41, 5.74) is 4.05. The van der Waals surface area contributed by atoms with Crippen LogP contribution in [-0.2, 0) is 11.4 Å². The number of ether oxygens (including phenoxy) is 2. The zero-order valence-corrected chi connectivity index (χ0v) is 20.8. The SMILES string of the molecule is O=C(CO)N1CCC[C@H]1COc1cccc2ncnc(Nc3ccc(OCc4cscn4)c(Cl)c3)c12. The molecule has 2 N–H and O–H groups in total. The van der Waals surface area contributed by atoms with E-state index >= 15 is 0 Å². The zero-order valence-electron chi connectivity index (χ0n) is 19.3. The van der Waals surface area contributed by atoms with Crippen molar-refractivity contribution in [2.24, 2.45) is 0 Å². The van der Waals surface area contributed by atoms with Crippen LogP contribution in [0.15, 0.2) is 53.6 Å². The third-order valence-corrected chi connectivity index (χ3v) is 6.87. The Morgan fingerprint density at radius 3 is 2.92 bits per heavy atom. The molecule has 1 fully saturated rings. The molecule has 3 heterocycles. The van der Waals surface area contributed by atoms with Gasteiger partial charge in [-0.2, -0.15) is 0 Å². The average Bonchev–Trinajstić information content (AvgIpc) is 3.59. The number of likely N-dealkylation sites (tertiary alicyclic amines) is 1. The van der Waals surface area contributed by atoms with Crippen LogP contribution in [0.1, 0.15) is 18.5 Å². The lowest BCUT2D eigenvalue weighted by Crippen LogP contribution is -2.40. The van der Waals surface area contributed by atoms with Crippen LogP contribution in [0.4, 0.5) is 11.5 Å². The number of aromatic nitrogens is 3. The second kappa shape index (κ2) is 11.1. The Morgan fingerprint density at radius 2 is 2.11 bits per heavy atom. The van der Waals surface area contributed by atoms with Gasteiger partial charge >= 0.3 is 0 Å². The molecule has 0 bridgehead atoms. The number of benzene rings is 2. The van der Waals surface area contributed by atoms with Crippen molar-refractivity contribution >= 4 is 51.3 Å². The minimum Gasteiger partial charge on any atom is -0.491 e. The van der Waals surface area contributed by atoms with E-state index in [9.17, 15) is 9.90 Å². The highest BCUT2D eigenvalue weighted by atomic mass is 35.5. The summed E-state index contributed by atoms with van der Waals surface area (Å²) in [5.74, 6) is 1.46. The van der Waals surface area contributed by atoms with Gasteiger partial charge in [-0.15, -0.1) is 11.3 Å². The molecule has 0 unspecified atom stereocenters. The molecular weight excluding hydrogens is 502 g/mol. The number of anilines is 2. The summed E-state index contributed by atoms with van der Waals surface area (Å²) in [6, 6.07) is 10.9. The van der Waals surface area contributed by atoms with E-state index in [1.54, 1.807) is 22.5 Å². The molecule has 0 radical (unpaired) electrons. The third-order valence-electron chi connectivity index (χ3n) is 5.94. The predicted octanol–water partition coefficient (Wildman–Crippen LogP) is 4.42. The number of aliphatic hydroxyl groups excluding tert-OH is 1. The monoisotopic (exact) mass is 525 g/mol. The highest BCUT2D eigenvalue weighted by Gasteiger charge is 2.29. The fourth-order valence-electron chi connectivity index (χ4n) is 4.20. The van der Waals surface area contributed by atoms with Crippen LogP contribution in [0, 0.1) is 0 Å². The van der Waals surface area contributed by atoms with E-state index in [-0.39, 0.29) is 11.9 Å². The maximum Gasteiger partial charge on any atom is 0.248 e. The van der Waals surface area contributed by atoms with E-state index in [0.29, 0.717) is 47.6 Å². The molecule has 36 heavy (non-hydrogen) atoms. The first kappa shape index (κ1) is 24.2. The van der Waals surface area contributed by atoms with Crippen molar-refractivity contribution in [1.82, 2.24) is 19.9 Å². The molecule has 4 aromatic rings. The van der Waals surface area contributed by atoms with Crippen LogP contribution in [0.3, 0.4) is 0 Å². The van der Waals surface area contributed by atoms with Gasteiger partial charge in [0, 0.05) is 17.6 Å². The number of nitrogens with one attached hydrogen (secondary N) is 1. The van der Waals surface area contributed by atoms with Crippen molar-refractivity contribution in [3.63, 3.8) is 0 Å². The quantitative estimate of drug-likeness (QED) is 0.330. The number of nitrogens with zero attached hydrogens (tertiary/aromatic N) is 4. The summed E-state index contributed by atoms with van der Waals surface area (Å²) in [7, 11) is 0. The number of aliphatic hydroxyl groups is 1. The van der Waals surface area contributed by atoms with E-state index < -0.39 is 6.61 Å². The van der Waals surface area contributed by atoms with Gasteiger partial charge in [-0.25, -0.2) is 15.0 Å². The van der Waals surface area contributed by atoms with Gasteiger partial charge in [0.05, 0.1) is 33.2 Å². The van der Waals surface area contributed by atoms with E-state index in [1.165, 1.54) is 17.7 Å². The molecule has 5 rings (SSSR count). The van der Waals surface area contributed by atoms with Crippen molar-refractivity contribution in [2.45, 2.75) is 25.5 Å². The number of amides is 1. The normalized spacial score (nSPS) is 15.3. The van der Waals surface area contributed by atoms with Crippen molar-refractivity contribution in [3.05, 3.63) is 64.3 Å². The Morgan fingerprint density at radius 1 is 1.19 bits per heavy atom. The van der Waals surface area contributed by atoms with Gasteiger partial charge in [-0.1, -0.05) is 17.7 Å². The Balaban J connectivity index is 1.34. The number of carbonyl (C=O) groups excluding carboxylic acids is 1. The number of thiazole rings is 1. The topological polar surface area (TPSA) is 110 Å². The highest BCUT2D eigenvalue weighted by molar-refractivity contribution is 7.07. The first-order chi connectivity index (χ1) is 17.6. The number of hydrogen-bond donors (Lipinski definition) is 2. The molecule has 1 aliphatic rings. The number of halogens is 1. The number of fused-ring (bicyclic) bond motifs is 1. The summed E-state index contributed by atoms with van der Waals surface area (Å²) < 4.78 is 12.0. The minimum absolute atomic E-state index is 0.0865. The van der Waals surface area contributed by atoms with Crippen LogP contribution in [0.2, 0.25) is 5.02 Å². The van der Waals surface area contributed by atoms with Crippen molar-refractivity contribution < 1.29 is 19.4 Å². The van der Waals surface area contributed by atoms with Crippen LogP contribution in [-0.4, -0.2) is 56.7 Å². The smallest absolute Gasteiger partial charge is 0.248 e. The van der Waals surface area contributed by atoms with Gasteiger partial charge < -0.3 is 24.8 Å². The Kier molecular flexibility index (Phi) is 7.45. The van der Waals surface area contributed by atoms with Gasteiger partial charge in [0.25, 0.3) is 0 Å². The van der Waals surface area contributed by atoms with Crippen molar-refractivity contribution in [2.75, 3.05) is 25.1 Å². The molecule has 2 aromatic carbocycles. The first-order valence-corrected chi connectivity index (χ1v) is 12.8. The summed E-state index contributed by atoms with van der Waals surface area (Å²) >= 11 is 7.98. The van der Waals surface area contributed by atoms with E-state index in [1.807, 2.05) is 29.6 Å². The second-order valence-electron chi connectivity index (χ2n) is 8.26. The van der Waals surface area contributed by atoms with Gasteiger partial charge in [0.2, 0.25) is 5.91 Å². The van der Waals surface area contributed by atoms with Gasteiger partial charge in [0.15, 0.2) is 0 Å². The molecule has 1 aliphatic heterocycles. The summed E-state index contributed by atoms with van der Waals surface area (Å²) in [6.45, 7) is 0.790. The number of rotatable bonds is 9. The molecule has 11 heteroatoms. The first-order valence-electron chi connectivity index (χ1n) is 11.5. The molecule has 0 spiro atoms. The average molecular weight is 526 g/mol. The molecule has 2 aromatic heterocycles. The van der Waals surface area contributed by atoms with Gasteiger partial charge in [-0.05, 0) is 43.2 Å². The maximum atomic E-state index is 12.0. The Labute approximate surface area is 216 Å². The minimum atomic E-state index is -0.496. The van der Waals surface area contributed by atoms with E-state index in [0.717, 1.165) is 29.6 Å². The lowest BCUT2D eigenvalue weighted by Gasteiger charge is -2.24. The number of carbonyl (C=O) groups is 1. The zero-order chi connectivity index (χ0) is 24.9. The fraction of sp³-hybridized carbons (Fsp3) is 0.280. The molecule has 1 atom stereocenters. The predicted molar refractivity (Wildman–Crippen MR) is 138 cm³/mol. The molecule has 0 saturated carbocycles. The van der Waals surface area contributed by atoms with Crippen molar-refractivity contribution in [3.8, 4) is 11.5 Å². The second-order valence-corrected chi connectivity index (χ2v) is 9.39. The van der Waals surface area contributed by atoms with Gasteiger partial charge in [0.1, 0.15) is 43.5 Å². The Hall–Kier alpha value is -3.47. The Bertz CT molecular complexity index is 1350. The van der Waals surface area contributed by atoms with Crippen LogP contribution >= 0.6 is 22.9 Å². The summed E-state index contributed by atoms with van der Waals surface area (Å²) in [5, 5.41) is 15.7. The maximum absolute atomic E-state index is 12.0. The molecule has 9 nitrogen and oxygen atoms in total. The largest absolute Gasteiger partial charge is 0.491 e. The lowest BCUT2D eigenvalue weighted by atomic mass is 10.2. The third kappa shape index (κ3) is 5.35. The van der Waals surface area contributed by atoms with Crippen LogP contribution < -0.4 is 14.8 Å². The standard InChI is InChI=1S/C25H24ClN5O4S/c26-19-9-16(6-7-21(19)34-11-17-13-36-15-29-17)30-25-24-20(27-14-28-25)4-1-5-22(24)35-12-18-3-2-8-31(18)23(33)10-32/h1,4-7,9,13-15,18,32H,2-3,8,10-12H2,(H,27,28,30)/t18-/m0/s1. The molecular formula is C25H24ClN5O4S. The number of hydrogen-bond acceptors (Lipinski definition) is 9. The molecule has 0 aliphatic carbocycles. The fourth-order valence-corrected chi connectivity index (χ4v) is 4.98. The molecule has 186 valence electrons. The molecule has 1 saturated heterocycles. The van der Waals surface area contributed by atoms with E-state index in [4.69, 9.17) is 21.1 Å². The lowest BCUT2D eigenvalue weighted by molar-refractivity contribution is -0.135. The van der Waals surface area contributed by atoms with Crippen LogP contribution in [0.5, 0.6) is 11.5 Å². The van der Waals surface area contributed by atoms with Gasteiger partial charge in [-0.3, -0.25) is 4.79 Å². The van der Waals surface area contributed by atoms with Crippen molar-refractivity contribution in [1.29, 1.82) is 0 Å². The summed E-state index contributed by atoms with van der Waals surface area (Å²) in [4.78, 5) is 26.7. The molecule has 1 amide bonds. The van der Waals surface area contributed by atoms with E-state index in [2.05, 4.69) is 20.3 Å².